The standard InChI is InChI=1S/C25H33NO4/c1-4-16(15-24(27)29-3)25(28)19-6-8-23-21(14-19)20-13-18(5-7-22(20)26(23)2)17-9-11-30-12-10-17/h6,8,14,16-18H,4-5,7,9-13,15H2,1-3H3. The summed E-state index contributed by atoms with van der Waals surface area (Å²) in [5.41, 5.74) is 4.75. The zero-order valence-electron chi connectivity index (χ0n) is 18.4. The highest BCUT2D eigenvalue weighted by Crippen LogP contribution is 2.39. The minimum Gasteiger partial charge on any atom is -0.469 e. The summed E-state index contributed by atoms with van der Waals surface area (Å²) in [6.07, 6.45) is 6.54. The van der Waals surface area contributed by atoms with Crippen molar-refractivity contribution >= 4 is 22.7 Å². The molecule has 1 saturated heterocycles. The Balaban J connectivity index is 1.64. The Labute approximate surface area is 178 Å². The molecule has 162 valence electrons. The van der Waals surface area contributed by atoms with E-state index in [4.69, 9.17) is 9.47 Å². The lowest BCUT2D eigenvalue weighted by Crippen LogP contribution is -2.28. The van der Waals surface area contributed by atoms with Crippen molar-refractivity contribution in [2.45, 2.75) is 51.9 Å². The fraction of sp³-hybridized carbons (Fsp3) is 0.600. The van der Waals surface area contributed by atoms with Gasteiger partial charge in [-0.2, -0.15) is 0 Å². The summed E-state index contributed by atoms with van der Waals surface area (Å²) < 4.78 is 12.7. The van der Waals surface area contributed by atoms with Crippen LogP contribution < -0.4 is 0 Å². The fourth-order valence-electron chi connectivity index (χ4n) is 5.49. The van der Waals surface area contributed by atoms with Gasteiger partial charge in [-0.3, -0.25) is 9.59 Å². The second-order valence-corrected chi connectivity index (χ2v) is 8.92. The average Bonchev–Trinajstić information content (AvgIpc) is 3.08. The Bertz CT molecular complexity index is 938. The average molecular weight is 412 g/mol. The van der Waals surface area contributed by atoms with Crippen LogP contribution in [-0.2, 0) is 34.2 Å². The zero-order chi connectivity index (χ0) is 21.3. The molecule has 4 rings (SSSR count). The summed E-state index contributed by atoms with van der Waals surface area (Å²) in [7, 11) is 3.51. The predicted octanol–water partition coefficient (Wildman–Crippen LogP) is 4.48. The lowest BCUT2D eigenvalue weighted by atomic mass is 9.75. The molecule has 0 saturated carbocycles. The van der Waals surface area contributed by atoms with Crippen molar-refractivity contribution in [3.8, 4) is 0 Å². The van der Waals surface area contributed by atoms with Crippen LogP contribution in [0.1, 0.15) is 60.6 Å². The number of ketones is 1. The first-order chi connectivity index (χ1) is 14.5. The highest BCUT2D eigenvalue weighted by molar-refractivity contribution is 6.03. The minimum atomic E-state index is -0.329. The van der Waals surface area contributed by atoms with E-state index >= 15 is 0 Å². The van der Waals surface area contributed by atoms with Crippen molar-refractivity contribution in [2.75, 3.05) is 20.3 Å². The third kappa shape index (κ3) is 3.92. The number of aromatic nitrogens is 1. The van der Waals surface area contributed by atoms with Crippen molar-refractivity contribution in [1.29, 1.82) is 0 Å². The molecule has 0 amide bonds. The van der Waals surface area contributed by atoms with Crippen LogP contribution in [0.25, 0.3) is 10.9 Å². The van der Waals surface area contributed by atoms with Gasteiger partial charge in [0.25, 0.3) is 0 Å². The van der Waals surface area contributed by atoms with Gasteiger partial charge in [0.1, 0.15) is 0 Å². The number of Topliss-reactive ketones (excluding diaryl/α,β-unsaturated/α-hetero) is 1. The van der Waals surface area contributed by atoms with E-state index in [1.807, 2.05) is 13.0 Å². The normalized spacial score (nSPS) is 20.7. The second-order valence-electron chi connectivity index (χ2n) is 8.92. The number of fused-ring (bicyclic) bond motifs is 3. The summed E-state index contributed by atoms with van der Waals surface area (Å²) in [4.78, 5) is 24.9. The molecule has 2 unspecified atom stereocenters. The molecular formula is C25H33NO4. The fourth-order valence-corrected chi connectivity index (χ4v) is 5.49. The Kier molecular flexibility index (Phi) is 6.28. The monoisotopic (exact) mass is 411 g/mol. The van der Waals surface area contributed by atoms with E-state index in [1.165, 1.54) is 48.5 Å². The summed E-state index contributed by atoms with van der Waals surface area (Å²) in [5.74, 6) is 0.835. The second kappa shape index (κ2) is 8.93. The first-order valence-corrected chi connectivity index (χ1v) is 11.3. The number of methoxy groups -OCH3 is 1. The number of esters is 1. The molecule has 2 heterocycles. The van der Waals surface area contributed by atoms with Gasteiger partial charge >= 0.3 is 5.97 Å². The highest BCUT2D eigenvalue weighted by atomic mass is 16.5. The topological polar surface area (TPSA) is 57.5 Å². The van der Waals surface area contributed by atoms with E-state index in [2.05, 4.69) is 23.7 Å². The number of ether oxygens (including phenoxy) is 2. The maximum atomic E-state index is 13.1. The number of nitrogens with zero attached hydrogens (tertiary/aromatic N) is 1. The SMILES string of the molecule is CCC(CC(=O)OC)C(=O)c1ccc2c(c1)c1c(n2C)CCC(C2CCOCC2)C1. The van der Waals surface area contributed by atoms with Crippen molar-refractivity contribution < 1.29 is 19.1 Å². The van der Waals surface area contributed by atoms with E-state index in [9.17, 15) is 9.59 Å². The number of carbonyl (C=O) groups excluding carboxylic acids is 2. The number of hydrogen-bond donors (Lipinski definition) is 0. The van der Waals surface area contributed by atoms with Crippen LogP contribution in [0.5, 0.6) is 0 Å². The molecule has 2 aromatic rings. The Morgan fingerprint density at radius 1 is 1.20 bits per heavy atom. The van der Waals surface area contributed by atoms with E-state index in [0.717, 1.165) is 32.0 Å². The zero-order valence-corrected chi connectivity index (χ0v) is 18.4. The third-order valence-electron chi connectivity index (χ3n) is 7.38. The molecule has 1 aliphatic heterocycles. The number of carbonyl (C=O) groups is 2. The van der Waals surface area contributed by atoms with Crippen LogP contribution >= 0.6 is 0 Å². The molecule has 5 nitrogen and oxygen atoms in total. The maximum absolute atomic E-state index is 13.1. The predicted molar refractivity (Wildman–Crippen MR) is 117 cm³/mol. The molecule has 0 spiro atoms. The van der Waals surface area contributed by atoms with Crippen molar-refractivity contribution in [1.82, 2.24) is 4.57 Å². The Hall–Kier alpha value is -2.14. The van der Waals surface area contributed by atoms with Gasteiger partial charge in [0.15, 0.2) is 5.78 Å². The van der Waals surface area contributed by atoms with E-state index in [1.54, 1.807) is 0 Å². The molecule has 2 aliphatic rings. The van der Waals surface area contributed by atoms with E-state index in [0.29, 0.717) is 17.9 Å². The van der Waals surface area contributed by atoms with Crippen molar-refractivity contribution in [2.24, 2.45) is 24.8 Å². The lowest BCUT2D eigenvalue weighted by molar-refractivity contribution is -0.141. The van der Waals surface area contributed by atoms with Crippen LogP contribution in [0.2, 0.25) is 0 Å². The smallest absolute Gasteiger partial charge is 0.306 e. The largest absolute Gasteiger partial charge is 0.469 e. The molecule has 0 bridgehead atoms. The van der Waals surface area contributed by atoms with Crippen molar-refractivity contribution in [3.63, 3.8) is 0 Å². The minimum absolute atomic E-state index is 0.0409. The lowest BCUT2D eigenvalue weighted by Gasteiger charge is -2.33. The van der Waals surface area contributed by atoms with Gasteiger partial charge in [0.2, 0.25) is 0 Å². The summed E-state index contributed by atoms with van der Waals surface area (Å²) >= 11 is 0. The molecule has 1 fully saturated rings. The molecule has 0 radical (unpaired) electrons. The van der Waals surface area contributed by atoms with Gasteiger partial charge < -0.3 is 14.0 Å². The van der Waals surface area contributed by atoms with Gasteiger partial charge in [-0.15, -0.1) is 0 Å². The molecule has 1 aliphatic carbocycles. The first-order valence-electron chi connectivity index (χ1n) is 11.3. The van der Waals surface area contributed by atoms with Crippen LogP contribution in [-0.4, -0.2) is 36.6 Å². The van der Waals surface area contributed by atoms with E-state index in [-0.39, 0.29) is 24.1 Å². The maximum Gasteiger partial charge on any atom is 0.306 e. The molecule has 1 aromatic carbocycles. The van der Waals surface area contributed by atoms with Crippen LogP contribution in [0.3, 0.4) is 0 Å². The number of hydrogen-bond acceptors (Lipinski definition) is 4. The summed E-state index contributed by atoms with van der Waals surface area (Å²) in [6, 6.07) is 6.07. The summed E-state index contributed by atoms with van der Waals surface area (Å²) in [6.45, 7) is 3.73. The van der Waals surface area contributed by atoms with Gasteiger partial charge in [-0.05, 0) is 74.1 Å². The summed E-state index contributed by atoms with van der Waals surface area (Å²) in [5, 5.41) is 1.21. The van der Waals surface area contributed by atoms with Gasteiger partial charge in [-0.1, -0.05) is 6.92 Å². The van der Waals surface area contributed by atoms with Gasteiger partial charge in [0, 0.05) is 48.3 Å². The first kappa shape index (κ1) is 21.1. The number of rotatable bonds is 6. The molecule has 2 atom stereocenters. The Morgan fingerprint density at radius 3 is 2.67 bits per heavy atom. The number of benzene rings is 1. The molecule has 1 aromatic heterocycles. The third-order valence-corrected chi connectivity index (χ3v) is 7.38. The van der Waals surface area contributed by atoms with Crippen molar-refractivity contribution in [3.05, 3.63) is 35.0 Å². The quantitative estimate of drug-likeness (QED) is 0.519. The van der Waals surface area contributed by atoms with Crippen LogP contribution in [0.4, 0.5) is 0 Å². The molecule has 0 N–H and O–H groups in total. The van der Waals surface area contributed by atoms with Gasteiger partial charge in [-0.25, -0.2) is 0 Å². The number of aryl methyl sites for hydroxylation is 1. The van der Waals surface area contributed by atoms with Gasteiger partial charge in [0.05, 0.1) is 13.5 Å². The Morgan fingerprint density at radius 2 is 1.97 bits per heavy atom. The molecule has 5 heteroatoms. The van der Waals surface area contributed by atoms with Crippen LogP contribution in [0, 0.1) is 17.8 Å². The molecule has 30 heavy (non-hydrogen) atoms. The molecular weight excluding hydrogens is 378 g/mol. The highest BCUT2D eigenvalue weighted by Gasteiger charge is 2.31. The van der Waals surface area contributed by atoms with Crippen LogP contribution in [0.15, 0.2) is 18.2 Å². The van der Waals surface area contributed by atoms with E-state index < -0.39 is 0 Å².